The molecule has 0 atom stereocenters. The van der Waals surface area contributed by atoms with Crippen LogP contribution in [0.2, 0.25) is 0 Å². The van der Waals surface area contributed by atoms with Crippen molar-refractivity contribution in [3.63, 3.8) is 0 Å². The highest BCUT2D eigenvalue weighted by atomic mass is 16.5. The van der Waals surface area contributed by atoms with Crippen molar-refractivity contribution in [3.8, 4) is 0 Å². The lowest BCUT2D eigenvalue weighted by Gasteiger charge is -2.42. The maximum Gasteiger partial charge on any atom is 0.230 e. The van der Waals surface area contributed by atoms with Crippen LogP contribution in [0, 0.1) is 0 Å². The van der Waals surface area contributed by atoms with E-state index < -0.39 is 5.41 Å². The topological polar surface area (TPSA) is 44.8 Å². The molecular formula is C28H37N3O2. The first kappa shape index (κ1) is 23.5. The van der Waals surface area contributed by atoms with Crippen LogP contribution < -0.4 is 5.32 Å². The van der Waals surface area contributed by atoms with Gasteiger partial charge in [-0.25, -0.2) is 0 Å². The molecule has 2 saturated heterocycles. The van der Waals surface area contributed by atoms with Gasteiger partial charge < -0.3 is 15.0 Å². The molecule has 2 aromatic carbocycles. The van der Waals surface area contributed by atoms with Gasteiger partial charge >= 0.3 is 0 Å². The zero-order valence-electron chi connectivity index (χ0n) is 19.7. The van der Waals surface area contributed by atoms with E-state index in [0.717, 1.165) is 77.2 Å². The number of rotatable bonds is 9. The molecule has 2 aliphatic rings. The van der Waals surface area contributed by atoms with Crippen LogP contribution in [0.1, 0.15) is 30.4 Å². The Kier molecular flexibility index (Phi) is 8.19. The molecule has 176 valence electrons. The number of morpholine rings is 1. The average molecular weight is 448 g/mol. The smallest absolute Gasteiger partial charge is 0.230 e. The molecule has 0 aromatic heterocycles. The van der Waals surface area contributed by atoms with Crippen LogP contribution in [0.4, 0.5) is 0 Å². The van der Waals surface area contributed by atoms with E-state index in [1.807, 2.05) is 18.2 Å². The third-order valence-corrected chi connectivity index (χ3v) is 7.19. The molecule has 5 nitrogen and oxygen atoms in total. The summed E-state index contributed by atoms with van der Waals surface area (Å²) in [7, 11) is 0. The second-order valence-electron chi connectivity index (χ2n) is 9.20. The number of amides is 1. The number of nitrogens with one attached hydrogen (secondary N) is 1. The molecule has 0 unspecified atom stereocenters. The minimum atomic E-state index is -0.470. The molecular weight excluding hydrogens is 410 g/mol. The molecule has 0 saturated carbocycles. The lowest BCUT2D eigenvalue weighted by molar-refractivity contribution is -0.128. The Hall–Kier alpha value is -2.63. The first-order valence-corrected chi connectivity index (χ1v) is 12.3. The van der Waals surface area contributed by atoms with E-state index in [9.17, 15) is 4.79 Å². The van der Waals surface area contributed by atoms with Crippen molar-refractivity contribution in [2.45, 2.75) is 31.1 Å². The minimum absolute atomic E-state index is 0.163. The van der Waals surface area contributed by atoms with E-state index in [-0.39, 0.29) is 5.91 Å². The van der Waals surface area contributed by atoms with E-state index in [1.165, 1.54) is 11.3 Å². The van der Waals surface area contributed by atoms with Crippen LogP contribution in [0.15, 0.2) is 72.9 Å². The number of allylic oxidation sites excluding steroid dienone is 1. The van der Waals surface area contributed by atoms with Gasteiger partial charge in [-0.3, -0.25) is 9.69 Å². The van der Waals surface area contributed by atoms with Crippen LogP contribution in [0.25, 0.3) is 0 Å². The van der Waals surface area contributed by atoms with Gasteiger partial charge in [0.1, 0.15) is 0 Å². The number of aryl methyl sites for hydroxylation is 1. The van der Waals surface area contributed by atoms with Crippen LogP contribution in [0.5, 0.6) is 0 Å². The number of nitrogens with zero attached hydrogens (tertiary/aromatic N) is 2. The molecule has 4 rings (SSSR count). The second kappa shape index (κ2) is 11.5. The summed E-state index contributed by atoms with van der Waals surface area (Å²) in [4.78, 5) is 18.3. The van der Waals surface area contributed by atoms with Crippen LogP contribution in [-0.2, 0) is 21.4 Å². The van der Waals surface area contributed by atoms with Gasteiger partial charge in [0, 0.05) is 45.0 Å². The van der Waals surface area contributed by atoms with Gasteiger partial charge in [-0.05, 0) is 36.8 Å². The zero-order valence-corrected chi connectivity index (χ0v) is 19.7. The van der Waals surface area contributed by atoms with Crippen LogP contribution >= 0.6 is 0 Å². The number of hydrogen-bond acceptors (Lipinski definition) is 4. The molecule has 0 spiro atoms. The van der Waals surface area contributed by atoms with Gasteiger partial charge in [-0.2, -0.15) is 0 Å². The lowest BCUT2D eigenvalue weighted by atomic mass is 9.71. The summed E-state index contributed by atoms with van der Waals surface area (Å²) in [5.41, 5.74) is 3.17. The minimum Gasteiger partial charge on any atom is -0.379 e. The highest BCUT2D eigenvalue weighted by molar-refractivity contribution is 5.88. The molecule has 5 heteroatoms. The second-order valence-corrected chi connectivity index (χ2v) is 9.20. The Balaban J connectivity index is 1.35. The lowest BCUT2D eigenvalue weighted by Crippen LogP contribution is -2.52. The number of benzene rings is 2. The Labute approximate surface area is 198 Å². The fourth-order valence-corrected chi connectivity index (χ4v) is 5.02. The summed E-state index contributed by atoms with van der Waals surface area (Å²) in [5, 5.41) is 3.27. The van der Waals surface area contributed by atoms with Crippen LogP contribution in [0.3, 0.4) is 0 Å². The summed E-state index contributed by atoms with van der Waals surface area (Å²) >= 11 is 0. The maximum atomic E-state index is 13.6. The molecule has 0 radical (unpaired) electrons. The van der Waals surface area contributed by atoms with Gasteiger partial charge in [0.05, 0.1) is 18.6 Å². The van der Waals surface area contributed by atoms with Gasteiger partial charge in [-0.15, -0.1) is 0 Å². The molecule has 1 amide bonds. The average Bonchev–Trinajstić information content (AvgIpc) is 2.89. The first-order chi connectivity index (χ1) is 16.2. The van der Waals surface area contributed by atoms with Gasteiger partial charge in [-0.1, -0.05) is 67.2 Å². The maximum absolute atomic E-state index is 13.6. The molecule has 2 heterocycles. The highest BCUT2D eigenvalue weighted by Gasteiger charge is 2.42. The molecule has 2 aliphatic heterocycles. The van der Waals surface area contributed by atoms with Gasteiger partial charge in [0.25, 0.3) is 0 Å². The van der Waals surface area contributed by atoms with Crippen molar-refractivity contribution in [2.24, 2.45) is 0 Å². The summed E-state index contributed by atoms with van der Waals surface area (Å²) in [6.07, 6.45) is 3.58. The molecule has 0 bridgehead atoms. The first-order valence-electron chi connectivity index (χ1n) is 12.3. The quantitative estimate of drug-likeness (QED) is 0.638. The Bertz CT molecular complexity index is 886. The van der Waals surface area contributed by atoms with Crippen molar-refractivity contribution in [2.75, 3.05) is 52.5 Å². The largest absolute Gasteiger partial charge is 0.379 e. The summed E-state index contributed by atoms with van der Waals surface area (Å²) in [6, 6.07) is 20.9. The molecule has 1 N–H and O–H groups in total. The van der Waals surface area contributed by atoms with Gasteiger partial charge in [0.2, 0.25) is 5.91 Å². The Morgan fingerprint density at radius 2 is 1.58 bits per heavy atom. The molecule has 2 aromatic rings. The number of likely N-dealkylation sites (tertiary alicyclic amines) is 1. The van der Waals surface area contributed by atoms with E-state index >= 15 is 0 Å². The van der Waals surface area contributed by atoms with Crippen LogP contribution in [-0.4, -0.2) is 68.2 Å². The third kappa shape index (κ3) is 6.04. The number of hydrogen-bond donors (Lipinski definition) is 1. The SMILES string of the molecule is C=C(CCc1ccccc1)N1CCC(C(=O)NCCN2CCOCC2)(c2ccccc2)CC1. The fourth-order valence-electron chi connectivity index (χ4n) is 5.02. The number of piperidine rings is 1. The number of carbonyl (C=O) groups excluding carboxylic acids is 1. The molecule has 0 aliphatic carbocycles. The van der Waals surface area contributed by atoms with Crippen molar-refractivity contribution >= 4 is 5.91 Å². The van der Waals surface area contributed by atoms with Gasteiger partial charge in [0.15, 0.2) is 0 Å². The zero-order chi connectivity index (χ0) is 22.9. The predicted molar refractivity (Wildman–Crippen MR) is 133 cm³/mol. The number of ether oxygens (including phenoxy) is 1. The summed E-state index contributed by atoms with van der Waals surface area (Å²) < 4.78 is 5.43. The fraction of sp³-hybridized carbons (Fsp3) is 0.464. The third-order valence-electron chi connectivity index (χ3n) is 7.19. The number of carbonyl (C=O) groups is 1. The predicted octanol–water partition coefficient (Wildman–Crippen LogP) is 3.62. The monoisotopic (exact) mass is 447 g/mol. The summed E-state index contributed by atoms with van der Waals surface area (Å²) in [5.74, 6) is 0.163. The Morgan fingerprint density at radius 3 is 2.24 bits per heavy atom. The Morgan fingerprint density at radius 1 is 0.939 bits per heavy atom. The van der Waals surface area contributed by atoms with E-state index in [4.69, 9.17) is 4.74 Å². The van der Waals surface area contributed by atoms with Crippen molar-refractivity contribution in [1.29, 1.82) is 0 Å². The van der Waals surface area contributed by atoms with Crippen molar-refractivity contribution in [3.05, 3.63) is 84.1 Å². The van der Waals surface area contributed by atoms with E-state index in [0.29, 0.717) is 6.54 Å². The highest BCUT2D eigenvalue weighted by Crippen LogP contribution is 2.37. The van der Waals surface area contributed by atoms with E-state index in [1.54, 1.807) is 0 Å². The standard InChI is InChI=1S/C28H37N3O2/c1-24(12-13-25-8-4-2-5-9-25)31-17-14-28(15-18-31,26-10-6-3-7-11-26)27(32)29-16-19-30-20-22-33-23-21-30/h2-11H,1,12-23H2,(H,29,32). The molecule has 2 fully saturated rings. The van der Waals surface area contributed by atoms with Crippen molar-refractivity contribution in [1.82, 2.24) is 15.1 Å². The van der Waals surface area contributed by atoms with E-state index in [2.05, 4.69) is 64.2 Å². The molecule has 33 heavy (non-hydrogen) atoms. The normalized spacial score (nSPS) is 18.6. The summed E-state index contributed by atoms with van der Waals surface area (Å²) in [6.45, 7) is 11.1. The van der Waals surface area contributed by atoms with Crippen molar-refractivity contribution < 1.29 is 9.53 Å².